The van der Waals surface area contributed by atoms with Crippen LogP contribution in [0.5, 0.6) is 11.5 Å². The van der Waals surface area contributed by atoms with Crippen molar-refractivity contribution in [2.45, 2.75) is 34.0 Å². The summed E-state index contributed by atoms with van der Waals surface area (Å²) in [6.07, 6.45) is 0. The summed E-state index contributed by atoms with van der Waals surface area (Å²) in [7, 11) is 0. The Kier molecular flexibility index (Phi) is 4.97. The van der Waals surface area contributed by atoms with Crippen molar-refractivity contribution in [1.29, 1.82) is 0 Å². The highest BCUT2D eigenvalue weighted by atomic mass is 19.3. The predicted octanol–water partition coefficient (Wildman–Crippen LogP) is 5.68. The minimum absolute atomic E-state index is 0.0918. The molecule has 0 aliphatic heterocycles. The van der Waals surface area contributed by atoms with Gasteiger partial charge >= 0.3 is 13.2 Å². The van der Waals surface area contributed by atoms with E-state index in [1.54, 1.807) is 18.2 Å². The molecular formula is C21H17F4N3O2. The molecule has 0 amide bonds. The van der Waals surface area contributed by atoms with Crippen molar-refractivity contribution in [2.75, 3.05) is 0 Å². The van der Waals surface area contributed by atoms with Crippen molar-refractivity contribution in [2.24, 2.45) is 0 Å². The molecule has 0 aliphatic carbocycles. The third-order valence-corrected chi connectivity index (χ3v) is 4.77. The average Bonchev–Trinajstić information content (AvgIpc) is 3.00. The number of halogens is 4. The fourth-order valence-electron chi connectivity index (χ4n) is 3.62. The Morgan fingerprint density at radius 1 is 0.867 bits per heavy atom. The van der Waals surface area contributed by atoms with Gasteiger partial charge in [-0.25, -0.2) is 9.97 Å². The highest BCUT2D eigenvalue weighted by Crippen LogP contribution is 2.36. The third-order valence-electron chi connectivity index (χ3n) is 4.77. The van der Waals surface area contributed by atoms with E-state index in [-0.39, 0.29) is 22.5 Å². The molecule has 4 aromatic rings. The molecule has 0 aliphatic rings. The molecule has 0 radical (unpaired) electrons. The van der Waals surface area contributed by atoms with Gasteiger partial charge in [0.1, 0.15) is 17.1 Å². The fraction of sp³-hybridized carbons (Fsp3) is 0.238. The lowest BCUT2D eigenvalue weighted by Crippen LogP contribution is -2.07. The summed E-state index contributed by atoms with van der Waals surface area (Å²) in [6.45, 7) is -0.850. The highest BCUT2D eigenvalue weighted by molar-refractivity contribution is 5.89. The maximum absolute atomic E-state index is 13.0. The number of alkyl halides is 4. The van der Waals surface area contributed by atoms with Crippen LogP contribution in [0, 0.1) is 20.8 Å². The molecule has 0 saturated heterocycles. The molecule has 5 nitrogen and oxygen atoms in total. The molecule has 9 heteroatoms. The van der Waals surface area contributed by atoms with E-state index in [0.29, 0.717) is 22.7 Å². The van der Waals surface area contributed by atoms with Crippen LogP contribution in [0.25, 0.3) is 27.9 Å². The quantitative estimate of drug-likeness (QED) is 0.391. The summed E-state index contributed by atoms with van der Waals surface area (Å²) < 4.78 is 62.5. The zero-order valence-corrected chi connectivity index (χ0v) is 16.3. The molecule has 0 atom stereocenters. The smallest absolute Gasteiger partial charge is 0.387 e. The first-order valence-corrected chi connectivity index (χ1v) is 9.05. The first kappa shape index (κ1) is 19.9. The van der Waals surface area contributed by atoms with Crippen molar-refractivity contribution >= 4 is 16.6 Å². The van der Waals surface area contributed by atoms with Crippen LogP contribution in [0.1, 0.15) is 17.0 Å². The Morgan fingerprint density at radius 2 is 1.53 bits per heavy atom. The molecule has 4 rings (SSSR count). The van der Waals surface area contributed by atoms with E-state index >= 15 is 0 Å². The molecule has 30 heavy (non-hydrogen) atoms. The lowest BCUT2D eigenvalue weighted by molar-refractivity contribution is -0.0536. The molecule has 2 aromatic heterocycles. The molecule has 0 N–H and O–H groups in total. The van der Waals surface area contributed by atoms with Gasteiger partial charge in [0.15, 0.2) is 5.75 Å². The lowest BCUT2D eigenvalue weighted by atomic mass is 10.1. The van der Waals surface area contributed by atoms with Gasteiger partial charge in [0.05, 0.1) is 22.4 Å². The minimum atomic E-state index is -3.16. The Labute approximate surface area is 168 Å². The number of imidazole rings is 1. The van der Waals surface area contributed by atoms with Gasteiger partial charge in [-0.15, -0.1) is 0 Å². The summed E-state index contributed by atoms with van der Waals surface area (Å²) in [6, 6.07) is 9.83. The van der Waals surface area contributed by atoms with Crippen LogP contribution in [0.3, 0.4) is 0 Å². The van der Waals surface area contributed by atoms with Crippen LogP contribution in [0.4, 0.5) is 17.6 Å². The SMILES string of the molecule is Cc1ccccc1-c1nc(C)c2c(C)nc3c(OC(F)F)cc(OC(F)F)cc3n12. The standard InChI is InChI=1S/C21H17F4N3O2/c1-10-6-4-5-7-14(10)19-27-12(3)18-11(2)26-17-15(28(18)19)8-13(29-20(22)23)9-16(17)30-21(24)25/h4-9,20-21H,1-3H3. The largest absolute Gasteiger partial charge is 0.435 e. The fourth-order valence-corrected chi connectivity index (χ4v) is 3.62. The van der Waals surface area contributed by atoms with Crippen LogP contribution in [-0.4, -0.2) is 27.6 Å². The van der Waals surface area contributed by atoms with Gasteiger partial charge in [-0.1, -0.05) is 24.3 Å². The number of aromatic nitrogens is 3. The van der Waals surface area contributed by atoms with Gasteiger partial charge in [0.25, 0.3) is 0 Å². The van der Waals surface area contributed by atoms with Crippen LogP contribution >= 0.6 is 0 Å². The number of ether oxygens (including phenoxy) is 2. The Morgan fingerprint density at radius 3 is 2.20 bits per heavy atom. The second-order valence-corrected chi connectivity index (χ2v) is 6.76. The van der Waals surface area contributed by atoms with E-state index < -0.39 is 13.2 Å². The van der Waals surface area contributed by atoms with E-state index in [2.05, 4.69) is 19.4 Å². The summed E-state index contributed by atoms with van der Waals surface area (Å²) in [4.78, 5) is 9.06. The highest BCUT2D eigenvalue weighted by Gasteiger charge is 2.22. The van der Waals surface area contributed by atoms with Gasteiger partial charge in [0.2, 0.25) is 0 Å². The number of hydrogen-bond donors (Lipinski definition) is 0. The maximum Gasteiger partial charge on any atom is 0.387 e. The molecule has 0 bridgehead atoms. The number of rotatable bonds is 5. The van der Waals surface area contributed by atoms with Crippen molar-refractivity contribution in [3.8, 4) is 22.9 Å². The van der Waals surface area contributed by atoms with Crippen LogP contribution < -0.4 is 9.47 Å². The number of benzene rings is 2. The third kappa shape index (κ3) is 3.40. The molecule has 0 fully saturated rings. The summed E-state index contributed by atoms with van der Waals surface area (Å²) in [5.41, 5.74) is 3.96. The Balaban J connectivity index is 2.14. The first-order chi connectivity index (χ1) is 14.3. The topological polar surface area (TPSA) is 48.7 Å². The van der Waals surface area contributed by atoms with Crippen molar-refractivity contribution in [3.05, 3.63) is 53.3 Å². The van der Waals surface area contributed by atoms with Crippen molar-refractivity contribution in [3.63, 3.8) is 0 Å². The summed E-state index contributed by atoms with van der Waals surface area (Å²) in [5.74, 6) is -0.138. The number of aryl methyl sites for hydroxylation is 3. The van der Waals surface area contributed by atoms with E-state index in [4.69, 9.17) is 0 Å². The average molecular weight is 419 g/mol. The Hall–Kier alpha value is -3.36. The molecule has 0 saturated carbocycles. The van der Waals surface area contributed by atoms with E-state index in [1.807, 2.05) is 31.2 Å². The summed E-state index contributed by atoms with van der Waals surface area (Å²) in [5, 5.41) is 0. The van der Waals surface area contributed by atoms with Gasteiger partial charge in [0, 0.05) is 17.7 Å². The number of fused-ring (bicyclic) bond motifs is 3. The van der Waals surface area contributed by atoms with Crippen LogP contribution in [-0.2, 0) is 0 Å². The molecule has 0 unspecified atom stereocenters. The molecule has 0 spiro atoms. The van der Waals surface area contributed by atoms with Crippen LogP contribution in [0.2, 0.25) is 0 Å². The van der Waals surface area contributed by atoms with E-state index in [1.165, 1.54) is 6.07 Å². The van der Waals surface area contributed by atoms with Gasteiger partial charge in [-0.05, 0) is 26.3 Å². The monoisotopic (exact) mass is 419 g/mol. The zero-order valence-electron chi connectivity index (χ0n) is 16.3. The first-order valence-electron chi connectivity index (χ1n) is 9.05. The second-order valence-electron chi connectivity index (χ2n) is 6.76. The van der Waals surface area contributed by atoms with E-state index in [0.717, 1.165) is 17.2 Å². The second kappa shape index (κ2) is 7.47. The Bertz CT molecular complexity index is 1250. The molecule has 156 valence electrons. The van der Waals surface area contributed by atoms with Crippen molar-refractivity contribution < 1.29 is 27.0 Å². The van der Waals surface area contributed by atoms with E-state index in [9.17, 15) is 17.6 Å². The summed E-state index contributed by atoms with van der Waals surface area (Å²) >= 11 is 0. The van der Waals surface area contributed by atoms with Crippen LogP contribution in [0.15, 0.2) is 36.4 Å². The predicted molar refractivity (Wildman–Crippen MR) is 103 cm³/mol. The number of hydrogen-bond acceptors (Lipinski definition) is 4. The normalized spacial score (nSPS) is 11.8. The molecule has 2 heterocycles. The zero-order chi connectivity index (χ0) is 21.6. The lowest BCUT2D eigenvalue weighted by Gasteiger charge is -2.15. The molecular weight excluding hydrogens is 402 g/mol. The van der Waals surface area contributed by atoms with Gasteiger partial charge in [-0.3, -0.25) is 4.40 Å². The van der Waals surface area contributed by atoms with Gasteiger partial charge in [-0.2, -0.15) is 17.6 Å². The van der Waals surface area contributed by atoms with Crippen molar-refractivity contribution in [1.82, 2.24) is 14.4 Å². The van der Waals surface area contributed by atoms with Gasteiger partial charge < -0.3 is 9.47 Å². The number of nitrogens with zero attached hydrogens (tertiary/aromatic N) is 3. The minimum Gasteiger partial charge on any atom is -0.435 e. The molecule has 2 aromatic carbocycles. The maximum atomic E-state index is 13.0.